The number of hydrogen-bond acceptors (Lipinski definition) is 3. The quantitative estimate of drug-likeness (QED) is 0.630. The maximum atomic E-state index is 11.0. The van der Waals surface area contributed by atoms with E-state index in [1.54, 1.807) is 25.7 Å². The van der Waals surface area contributed by atoms with E-state index in [2.05, 4.69) is 5.32 Å². The Labute approximate surface area is 99.6 Å². The monoisotopic (exact) mass is 237 g/mol. The van der Waals surface area contributed by atoms with Crippen LogP contribution in [0.4, 0.5) is 0 Å². The van der Waals surface area contributed by atoms with Gasteiger partial charge in [0.2, 0.25) is 5.91 Å². The van der Waals surface area contributed by atoms with Gasteiger partial charge in [0.05, 0.1) is 0 Å². The third-order valence-electron chi connectivity index (χ3n) is 2.14. The van der Waals surface area contributed by atoms with Gasteiger partial charge < -0.3 is 5.32 Å². The van der Waals surface area contributed by atoms with Crippen LogP contribution >= 0.6 is 11.8 Å². The van der Waals surface area contributed by atoms with E-state index < -0.39 is 0 Å². The van der Waals surface area contributed by atoms with Gasteiger partial charge in [-0.1, -0.05) is 12.1 Å². The molecule has 1 aromatic carbocycles. The summed E-state index contributed by atoms with van der Waals surface area (Å²) >= 11 is 1.61. The van der Waals surface area contributed by atoms with Crippen LogP contribution in [0.3, 0.4) is 0 Å². The maximum absolute atomic E-state index is 11.0. The smallest absolute Gasteiger partial charge is 0.220 e. The van der Waals surface area contributed by atoms with Crippen LogP contribution < -0.4 is 5.32 Å². The van der Waals surface area contributed by atoms with Crippen LogP contribution in [0, 0.1) is 0 Å². The van der Waals surface area contributed by atoms with Gasteiger partial charge >= 0.3 is 0 Å². The van der Waals surface area contributed by atoms with Gasteiger partial charge in [-0.15, -0.1) is 11.8 Å². The predicted octanol–water partition coefficient (Wildman–Crippen LogP) is 2.12. The zero-order valence-electron chi connectivity index (χ0n) is 9.45. The summed E-state index contributed by atoms with van der Waals surface area (Å²) in [6.07, 6.45) is 0.510. The summed E-state index contributed by atoms with van der Waals surface area (Å²) in [4.78, 5) is 23.1. The minimum atomic E-state index is 0.0489. The van der Waals surface area contributed by atoms with Crippen molar-refractivity contribution in [1.29, 1.82) is 0 Å². The number of thioether (sulfide) groups is 1. The zero-order valence-corrected chi connectivity index (χ0v) is 10.3. The molecule has 0 fully saturated rings. The molecule has 0 aliphatic heterocycles. The molecule has 1 amide bonds. The van der Waals surface area contributed by atoms with Gasteiger partial charge in [0.15, 0.2) is 5.78 Å². The third kappa shape index (κ3) is 4.06. The Hall–Kier alpha value is -1.29. The summed E-state index contributed by atoms with van der Waals surface area (Å²) in [5.74, 6) is 0.869. The first kappa shape index (κ1) is 12.8. The van der Waals surface area contributed by atoms with Crippen LogP contribution in [-0.4, -0.2) is 24.5 Å². The Morgan fingerprint density at radius 2 is 1.88 bits per heavy atom. The van der Waals surface area contributed by atoms with Gasteiger partial charge in [0.1, 0.15) is 0 Å². The normalized spacial score (nSPS) is 9.88. The number of rotatable bonds is 5. The Balaban J connectivity index is 2.43. The minimum Gasteiger partial charge on any atom is -0.359 e. The van der Waals surface area contributed by atoms with Crippen molar-refractivity contribution in [3.05, 3.63) is 29.8 Å². The Bertz CT molecular complexity index is 373. The lowest BCUT2D eigenvalue weighted by molar-refractivity contribution is -0.120. The molecule has 1 rings (SSSR count). The van der Waals surface area contributed by atoms with Crippen LogP contribution in [0.1, 0.15) is 23.7 Å². The lowest BCUT2D eigenvalue weighted by Crippen LogP contribution is -2.17. The second-order valence-electron chi connectivity index (χ2n) is 3.35. The predicted molar refractivity (Wildman–Crippen MR) is 65.9 cm³/mol. The Morgan fingerprint density at radius 3 is 2.38 bits per heavy atom. The van der Waals surface area contributed by atoms with Gasteiger partial charge in [0, 0.05) is 29.7 Å². The van der Waals surface area contributed by atoms with Crippen LogP contribution in [-0.2, 0) is 4.79 Å². The number of hydrogen-bond donors (Lipinski definition) is 1. The molecular weight excluding hydrogens is 222 g/mol. The molecule has 86 valence electrons. The SMILES string of the molecule is CNC(=O)CCSc1ccc(C(C)=O)cc1. The van der Waals surface area contributed by atoms with Gasteiger partial charge in [-0.05, 0) is 19.1 Å². The fourth-order valence-corrected chi connectivity index (χ4v) is 2.02. The second-order valence-corrected chi connectivity index (χ2v) is 4.52. The molecule has 0 radical (unpaired) electrons. The van der Waals surface area contributed by atoms with Gasteiger partial charge in [-0.3, -0.25) is 9.59 Å². The molecule has 0 aliphatic carbocycles. The van der Waals surface area contributed by atoms with E-state index in [0.717, 1.165) is 16.2 Å². The zero-order chi connectivity index (χ0) is 12.0. The summed E-state index contributed by atoms with van der Waals surface area (Å²) in [6.45, 7) is 1.55. The fraction of sp³-hybridized carbons (Fsp3) is 0.333. The van der Waals surface area contributed by atoms with Crippen molar-refractivity contribution in [3.8, 4) is 0 Å². The summed E-state index contributed by atoms with van der Waals surface area (Å²) in [7, 11) is 1.63. The molecule has 0 atom stereocenters. The second kappa shape index (κ2) is 6.33. The molecule has 0 aliphatic rings. The Kier molecular flexibility index (Phi) is 5.05. The molecule has 0 unspecified atom stereocenters. The van der Waals surface area contributed by atoms with Gasteiger partial charge in [-0.2, -0.15) is 0 Å². The van der Waals surface area contributed by atoms with Crippen LogP contribution in [0.5, 0.6) is 0 Å². The number of carbonyl (C=O) groups is 2. The summed E-state index contributed by atoms with van der Waals surface area (Å²) < 4.78 is 0. The lowest BCUT2D eigenvalue weighted by Gasteiger charge is -2.02. The van der Waals surface area contributed by atoms with Crippen molar-refractivity contribution in [2.75, 3.05) is 12.8 Å². The molecule has 0 saturated heterocycles. The largest absolute Gasteiger partial charge is 0.359 e. The highest BCUT2D eigenvalue weighted by atomic mass is 32.2. The van der Waals surface area contributed by atoms with E-state index in [0.29, 0.717) is 6.42 Å². The van der Waals surface area contributed by atoms with E-state index in [-0.39, 0.29) is 11.7 Å². The van der Waals surface area contributed by atoms with Crippen molar-refractivity contribution < 1.29 is 9.59 Å². The molecule has 0 spiro atoms. The van der Waals surface area contributed by atoms with Crippen molar-refractivity contribution >= 4 is 23.5 Å². The molecular formula is C12H15NO2S. The average molecular weight is 237 g/mol. The first-order valence-electron chi connectivity index (χ1n) is 5.08. The highest BCUT2D eigenvalue weighted by Crippen LogP contribution is 2.19. The molecule has 0 saturated carbocycles. The van der Waals surface area contributed by atoms with E-state index in [9.17, 15) is 9.59 Å². The summed E-state index contributed by atoms with van der Waals surface area (Å²) in [6, 6.07) is 7.44. The molecule has 1 N–H and O–H groups in total. The van der Waals surface area contributed by atoms with Gasteiger partial charge in [0.25, 0.3) is 0 Å². The molecule has 0 aromatic heterocycles. The number of Topliss-reactive ketones (excluding diaryl/α,β-unsaturated/α-hetero) is 1. The average Bonchev–Trinajstić information content (AvgIpc) is 2.29. The van der Waals surface area contributed by atoms with E-state index in [1.165, 1.54) is 0 Å². The lowest BCUT2D eigenvalue weighted by atomic mass is 10.2. The summed E-state index contributed by atoms with van der Waals surface area (Å²) in [5, 5.41) is 2.58. The molecule has 0 bridgehead atoms. The molecule has 1 aromatic rings. The first-order chi connectivity index (χ1) is 7.63. The molecule has 16 heavy (non-hydrogen) atoms. The van der Waals surface area contributed by atoms with Gasteiger partial charge in [-0.25, -0.2) is 0 Å². The van der Waals surface area contributed by atoms with E-state index in [1.807, 2.05) is 24.3 Å². The molecule has 0 heterocycles. The minimum absolute atomic E-state index is 0.0489. The first-order valence-corrected chi connectivity index (χ1v) is 6.06. The number of amides is 1. The highest BCUT2D eigenvalue weighted by Gasteiger charge is 2.01. The van der Waals surface area contributed by atoms with E-state index >= 15 is 0 Å². The molecule has 3 nitrogen and oxygen atoms in total. The third-order valence-corrected chi connectivity index (χ3v) is 3.15. The van der Waals surface area contributed by atoms with Crippen LogP contribution in [0.25, 0.3) is 0 Å². The highest BCUT2D eigenvalue weighted by molar-refractivity contribution is 7.99. The number of carbonyl (C=O) groups excluding carboxylic acids is 2. The van der Waals surface area contributed by atoms with Crippen molar-refractivity contribution in [2.45, 2.75) is 18.2 Å². The fourth-order valence-electron chi connectivity index (χ4n) is 1.17. The Morgan fingerprint density at radius 1 is 1.25 bits per heavy atom. The van der Waals surface area contributed by atoms with Crippen molar-refractivity contribution in [2.24, 2.45) is 0 Å². The number of benzene rings is 1. The summed E-state index contributed by atoms with van der Waals surface area (Å²) in [5.41, 5.74) is 0.718. The number of nitrogens with one attached hydrogen (secondary N) is 1. The van der Waals surface area contributed by atoms with Crippen molar-refractivity contribution in [1.82, 2.24) is 5.32 Å². The van der Waals surface area contributed by atoms with Crippen LogP contribution in [0.15, 0.2) is 29.2 Å². The van der Waals surface area contributed by atoms with Crippen molar-refractivity contribution in [3.63, 3.8) is 0 Å². The van der Waals surface area contributed by atoms with Crippen LogP contribution in [0.2, 0.25) is 0 Å². The van der Waals surface area contributed by atoms with E-state index in [4.69, 9.17) is 0 Å². The number of ketones is 1. The molecule has 4 heteroatoms. The maximum Gasteiger partial charge on any atom is 0.220 e. The standard InChI is InChI=1S/C12H15NO2S/c1-9(14)10-3-5-11(6-4-10)16-8-7-12(15)13-2/h3-6H,7-8H2,1-2H3,(H,13,15). The topological polar surface area (TPSA) is 46.2 Å².